The van der Waals surface area contributed by atoms with E-state index in [-0.39, 0.29) is 18.3 Å². The smallest absolute Gasteiger partial charge is 0.306 e. The Balaban J connectivity index is 1.51. The highest BCUT2D eigenvalue weighted by atomic mass is 32.2. The topological polar surface area (TPSA) is 87.6 Å². The van der Waals surface area contributed by atoms with Crippen LogP contribution in [0.15, 0.2) is 40.5 Å². The molecule has 0 spiro atoms. The fourth-order valence-electron chi connectivity index (χ4n) is 5.13. The molecule has 8 heteroatoms. The number of nitrogens with zero attached hydrogens (tertiary/aromatic N) is 3. The standard InChI is InChI=1S/C23H30N4O3S/c1-4-5-17-14-27(12-15(2)23(17,30-3)11-20(28)29)13-16-6-7-19-18(10-16)26-21-22(31-19)25-9-8-24-21/h6-10,15,17H,4-5,11-14H2,1-3H3,(H,24,26)(H,28,29). The summed E-state index contributed by atoms with van der Waals surface area (Å²) in [5.41, 5.74) is 1.68. The van der Waals surface area contributed by atoms with Crippen LogP contribution in [0.2, 0.25) is 0 Å². The van der Waals surface area contributed by atoms with E-state index in [1.807, 2.05) is 0 Å². The fourth-order valence-corrected chi connectivity index (χ4v) is 6.01. The molecule has 166 valence electrons. The first kappa shape index (κ1) is 22.0. The second-order valence-electron chi connectivity index (χ2n) is 8.58. The van der Waals surface area contributed by atoms with Crippen molar-refractivity contribution in [2.45, 2.75) is 55.2 Å². The maximum atomic E-state index is 11.6. The minimum absolute atomic E-state index is 0.0591. The zero-order chi connectivity index (χ0) is 22.0. The minimum Gasteiger partial charge on any atom is -0.481 e. The lowest BCUT2D eigenvalue weighted by atomic mass is 9.70. The van der Waals surface area contributed by atoms with Crippen LogP contribution in [0.5, 0.6) is 0 Å². The number of carboxylic acids is 1. The van der Waals surface area contributed by atoms with Crippen LogP contribution in [-0.2, 0) is 16.1 Å². The monoisotopic (exact) mass is 442 g/mol. The zero-order valence-corrected chi connectivity index (χ0v) is 19.1. The number of aromatic nitrogens is 2. The summed E-state index contributed by atoms with van der Waals surface area (Å²) in [4.78, 5) is 24.0. The summed E-state index contributed by atoms with van der Waals surface area (Å²) in [5, 5.41) is 13.8. The summed E-state index contributed by atoms with van der Waals surface area (Å²) in [5.74, 6) is 0.332. The summed E-state index contributed by atoms with van der Waals surface area (Å²) >= 11 is 1.63. The third-order valence-electron chi connectivity index (χ3n) is 6.56. The molecule has 2 aromatic rings. The zero-order valence-electron chi connectivity index (χ0n) is 18.3. The van der Waals surface area contributed by atoms with Gasteiger partial charge in [-0.05, 0) is 30.0 Å². The van der Waals surface area contributed by atoms with E-state index in [0.717, 1.165) is 53.9 Å². The van der Waals surface area contributed by atoms with Crippen molar-refractivity contribution < 1.29 is 14.6 Å². The summed E-state index contributed by atoms with van der Waals surface area (Å²) < 4.78 is 5.94. The summed E-state index contributed by atoms with van der Waals surface area (Å²) in [6.07, 6.45) is 5.44. The molecule has 4 rings (SSSR count). The predicted octanol–water partition coefficient (Wildman–Crippen LogP) is 4.41. The lowest BCUT2D eigenvalue weighted by Crippen LogP contribution is -2.58. The molecule has 2 aliphatic heterocycles. The number of benzene rings is 1. The van der Waals surface area contributed by atoms with Gasteiger partial charge in [-0.25, -0.2) is 9.97 Å². The Bertz CT molecular complexity index is 956. The first-order chi connectivity index (χ1) is 14.9. The quantitative estimate of drug-likeness (QED) is 0.556. The Morgan fingerprint density at radius 2 is 2.16 bits per heavy atom. The van der Waals surface area contributed by atoms with Crippen LogP contribution in [0, 0.1) is 11.8 Å². The third kappa shape index (κ3) is 4.42. The highest BCUT2D eigenvalue weighted by Crippen LogP contribution is 2.43. The van der Waals surface area contributed by atoms with Gasteiger partial charge in [0.15, 0.2) is 5.82 Å². The number of methoxy groups -OCH3 is 1. The summed E-state index contributed by atoms with van der Waals surface area (Å²) in [6, 6.07) is 6.50. The van der Waals surface area contributed by atoms with Crippen molar-refractivity contribution in [3.05, 3.63) is 36.2 Å². The Morgan fingerprint density at radius 3 is 2.90 bits per heavy atom. The van der Waals surface area contributed by atoms with Gasteiger partial charge < -0.3 is 15.2 Å². The molecule has 0 bridgehead atoms. The molecule has 3 unspecified atom stereocenters. The number of hydrogen-bond donors (Lipinski definition) is 2. The molecular weight excluding hydrogens is 412 g/mol. The lowest BCUT2D eigenvalue weighted by Gasteiger charge is -2.50. The van der Waals surface area contributed by atoms with E-state index in [4.69, 9.17) is 4.74 Å². The van der Waals surface area contributed by atoms with E-state index in [0.29, 0.717) is 0 Å². The number of anilines is 2. The van der Waals surface area contributed by atoms with Gasteiger partial charge in [0.25, 0.3) is 0 Å². The average molecular weight is 443 g/mol. The van der Waals surface area contributed by atoms with Gasteiger partial charge in [0.1, 0.15) is 5.03 Å². The normalized spacial score (nSPS) is 25.4. The highest BCUT2D eigenvalue weighted by Gasteiger charge is 2.49. The first-order valence-electron chi connectivity index (χ1n) is 10.8. The van der Waals surface area contributed by atoms with E-state index in [9.17, 15) is 9.90 Å². The highest BCUT2D eigenvalue weighted by molar-refractivity contribution is 7.99. The molecule has 7 nitrogen and oxygen atoms in total. The Labute approximate surface area is 187 Å². The van der Waals surface area contributed by atoms with Gasteiger partial charge in [-0.3, -0.25) is 9.69 Å². The van der Waals surface area contributed by atoms with E-state index in [1.54, 1.807) is 31.3 Å². The van der Waals surface area contributed by atoms with Crippen LogP contribution in [0.25, 0.3) is 0 Å². The number of rotatable bonds is 7. The third-order valence-corrected chi connectivity index (χ3v) is 7.62. The number of likely N-dealkylation sites (tertiary alicyclic amines) is 1. The maximum Gasteiger partial charge on any atom is 0.306 e. The molecule has 1 aromatic heterocycles. The van der Waals surface area contributed by atoms with Crippen LogP contribution < -0.4 is 5.32 Å². The molecule has 2 N–H and O–H groups in total. The molecule has 1 saturated heterocycles. The molecular formula is C23H30N4O3S. The number of nitrogens with one attached hydrogen (secondary N) is 1. The second-order valence-corrected chi connectivity index (χ2v) is 9.61. The number of carbonyl (C=O) groups is 1. The van der Waals surface area contributed by atoms with Crippen molar-refractivity contribution in [1.82, 2.24) is 14.9 Å². The van der Waals surface area contributed by atoms with Crippen LogP contribution >= 0.6 is 11.8 Å². The number of piperidine rings is 1. The molecule has 0 aliphatic carbocycles. The van der Waals surface area contributed by atoms with Crippen LogP contribution in [0.3, 0.4) is 0 Å². The lowest BCUT2D eigenvalue weighted by molar-refractivity contribution is -0.168. The van der Waals surface area contributed by atoms with Crippen molar-refractivity contribution in [2.24, 2.45) is 11.8 Å². The molecule has 3 atom stereocenters. The SMILES string of the molecule is CCCC1CN(Cc2ccc3c(c2)Nc2nccnc2S3)CC(C)C1(CC(=O)O)OC. The number of fused-ring (bicyclic) bond motifs is 2. The Kier molecular flexibility index (Phi) is 6.50. The molecule has 3 heterocycles. The molecule has 31 heavy (non-hydrogen) atoms. The van der Waals surface area contributed by atoms with E-state index < -0.39 is 11.6 Å². The summed E-state index contributed by atoms with van der Waals surface area (Å²) in [7, 11) is 1.67. The van der Waals surface area contributed by atoms with Gasteiger partial charge in [-0.15, -0.1) is 0 Å². The number of hydrogen-bond acceptors (Lipinski definition) is 7. The minimum atomic E-state index is -0.787. The van der Waals surface area contributed by atoms with Crippen molar-refractivity contribution in [3.8, 4) is 0 Å². The van der Waals surface area contributed by atoms with Gasteiger partial charge in [0.05, 0.1) is 17.7 Å². The molecule has 0 radical (unpaired) electrons. The maximum absolute atomic E-state index is 11.6. The van der Waals surface area contributed by atoms with Crippen LogP contribution in [0.1, 0.15) is 38.7 Å². The number of ether oxygens (including phenoxy) is 1. The molecule has 2 aliphatic rings. The average Bonchev–Trinajstić information content (AvgIpc) is 2.74. The van der Waals surface area contributed by atoms with Gasteiger partial charge in [0.2, 0.25) is 0 Å². The van der Waals surface area contributed by atoms with Gasteiger partial charge in [0, 0.05) is 50.0 Å². The molecule has 0 amide bonds. The molecule has 1 aromatic carbocycles. The van der Waals surface area contributed by atoms with E-state index in [1.165, 1.54) is 5.56 Å². The number of aliphatic carboxylic acids is 1. The Morgan fingerprint density at radius 1 is 1.35 bits per heavy atom. The van der Waals surface area contributed by atoms with Crippen LogP contribution in [0.4, 0.5) is 11.5 Å². The van der Waals surface area contributed by atoms with Crippen molar-refractivity contribution in [2.75, 3.05) is 25.5 Å². The largest absolute Gasteiger partial charge is 0.481 e. The van der Waals surface area contributed by atoms with E-state index in [2.05, 4.69) is 52.2 Å². The van der Waals surface area contributed by atoms with Crippen LogP contribution in [-0.4, -0.2) is 51.7 Å². The fraction of sp³-hybridized carbons (Fsp3) is 0.522. The van der Waals surface area contributed by atoms with Gasteiger partial charge in [-0.2, -0.15) is 0 Å². The van der Waals surface area contributed by atoms with Crippen molar-refractivity contribution in [3.63, 3.8) is 0 Å². The second kappa shape index (κ2) is 9.14. The van der Waals surface area contributed by atoms with Crippen molar-refractivity contribution in [1.29, 1.82) is 0 Å². The number of carboxylic acid groups (broad SMARTS) is 1. The van der Waals surface area contributed by atoms with Crippen molar-refractivity contribution >= 4 is 29.2 Å². The summed E-state index contributed by atoms with van der Waals surface area (Å²) in [6.45, 7) is 6.76. The first-order valence-corrected chi connectivity index (χ1v) is 11.6. The predicted molar refractivity (Wildman–Crippen MR) is 121 cm³/mol. The molecule has 0 saturated carbocycles. The van der Waals surface area contributed by atoms with Gasteiger partial charge >= 0.3 is 5.97 Å². The Hall–Kier alpha value is -2.16. The molecule has 1 fully saturated rings. The van der Waals surface area contributed by atoms with E-state index >= 15 is 0 Å². The van der Waals surface area contributed by atoms with Gasteiger partial charge in [-0.1, -0.05) is 38.1 Å².